The summed E-state index contributed by atoms with van der Waals surface area (Å²) in [6.07, 6.45) is 2.92. The van der Waals surface area contributed by atoms with Crippen LogP contribution in [0.25, 0.3) is 0 Å². The summed E-state index contributed by atoms with van der Waals surface area (Å²) < 4.78 is 18.4. The Kier molecular flexibility index (Phi) is 12.3. The first kappa shape index (κ1) is 37.2. The molecule has 1 unspecified atom stereocenters. The third-order valence-electron chi connectivity index (χ3n) is 10.5. The van der Waals surface area contributed by atoms with Crippen molar-refractivity contribution in [2.75, 3.05) is 66.1 Å². The van der Waals surface area contributed by atoms with Crippen LogP contribution in [0.2, 0.25) is 0 Å². The molecule has 1 spiro atoms. The Bertz CT molecular complexity index is 1380. The first-order valence-electron chi connectivity index (χ1n) is 17.1. The highest BCUT2D eigenvalue weighted by Crippen LogP contribution is 2.60. The van der Waals surface area contributed by atoms with Gasteiger partial charge in [-0.25, -0.2) is 0 Å². The SMILES string of the molecule is C=CCCC(=O)N(C)[C@H](C)[C@H](OC(=O)[C@H]1[C@@H]2O[C@@]3(CC2Br)[C@@H]1C(=O)N(CCO)[C@@H]3C(=O)N(CC=C)CCN1CCOCC1)c1ccccc1. The molecule has 0 aliphatic carbocycles. The molecular formula is C36H49BrN4O8. The predicted octanol–water partition coefficient (Wildman–Crippen LogP) is 2.17. The molecule has 2 bridgehead atoms. The maximum atomic E-state index is 14.5. The molecule has 4 aliphatic heterocycles. The summed E-state index contributed by atoms with van der Waals surface area (Å²) in [5, 5.41) is 10.0. The number of ether oxygens (including phenoxy) is 3. The van der Waals surface area contributed by atoms with E-state index < -0.39 is 53.6 Å². The first-order valence-corrected chi connectivity index (χ1v) is 18.1. The number of alkyl halides is 1. The van der Waals surface area contributed by atoms with E-state index in [1.54, 1.807) is 29.0 Å². The zero-order valence-corrected chi connectivity index (χ0v) is 30.0. The molecule has 0 saturated carbocycles. The number of allylic oxidation sites excluding steroid dienone is 1. The number of likely N-dealkylation sites (N-methyl/N-ethyl adjacent to an activating group) is 1. The average Bonchev–Trinajstić information content (AvgIpc) is 3.71. The van der Waals surface area contributed by atoms with E-state index in [0.717, 1.165) is 13.1 Å². The molecule has 4 saturated heterocycles. The number of benzene rings is 1. The minimum Gasteiger partial charge on any atom is -0.455 e. The van der Waals surface area contributed by atoms with Crippen LogP contribution in [0.15, 0.2) is 55.6 Å². The van der Waals surface area contributed by atoms with E-state index in [1.165, 1.54) is 4.90 Å². The maximum absolute atomic E-state index is 14.5. The molecule has 3 amide bonds. The number of morpholine rings is 1. The van der Waals surface area contributed by atoms with E-state index in [2.05, 4.69) is 34.0 Å². The van der Waals surface area contributed by atoms with Gasteiger partial charge >= 0.3 is 5.97 Å². The van der Waals surface area contributed by atoms with Crippen molar-refractivity contribution in [2.45, 2.75) is 60.9 Å². The van der Waals surface area contributed by atoms with Crippen molar-refractivity contribution >= 4 is 39.6 Å². The van der Waals surface area contributed by atoms with Crippen LogP contribution in [0.4, 0.5) is 0 Å². The zero-order valence-electron chi connectivity index (χ0n) is 28.5. The molecular weight excluding hydrogens is 696 g/mol. The van der Waals surface area contributed by atoms with E-state index in [1.807, 2.05) is 37.3 Å². The van der Waals surface area contributed by atoms with Gasteiger partial charge in [0.05, 0.1) is 43.8 Å². The summed E-state index contributed by atoms with van der Waals surface area (Å²) in [6, 6.07) is 7.64. The van der Waals surface area contributed by atoms with Crippen LogP contribution >= 0.6 is 15.9 Å². The molecule has 1 aromatic rings. The van der Waals surface area contributed by atoms with Gasteiger partial charge in [-0.05, 0) is 25.3 Å². The number of hydrogen-bond donors (Lipinski definition) is 1. The lowest BCUT2D eigenvalue weighted by Crippen LogP contribution is -2.58. The fourth-order valence-electron chi connectivity index (χ4n) is 7.86. The molecule has 0 radical (unpaired) electrons. The number of fused-ring (bicyclic) bond motifs is 1. The van der Waals surface area contributed by atoms with Gasteiger partial charge in [-0.15, -0.1) is 13.2 Å². The number of carbonyl (C=O) groups excluding carboxylic acids is 4. The van der Waals surface area contributed by atoms with Crippen molar-refractivity contribution in [2.24, 2.45) is 11.8 Å². The highest BCUT2D eigenvalue weighted by molar-refractivity contribution is 9.09. The van der Waals surface area contributed by atoms with Crippen LogP contribution in [0.1, 0.15) is 37.9 Å². The van der Waals surface area contributed by atoms with E-state index in [-0.39, 0.29) is 42.8 Å². The van der Waals surface area contributed by atoms with E-state index in [9.17, 15) is 24.3 Å². The smallest absolute Gasteiger partial charge is 0.313 e. The number of aliphatic hydroxyl groups is 1. The van der Waals surface area contributed by atoms with Gasteiger partial charge < -0.3 is 34.0 Å². The monoisotopic (exact) mass is 744 g/mol. The summed E-state index contributed by atoms with van der Waals surface area (Å²) in [5.41, 5.74) is -0.593. The lowest BCUT2D eigenvalue weighted by atomic mass is 9.70. The molecule has 1 N–H and O–H groups in total. The minimum absolute atomic E-state index is 0.0804. The highest BCUT2D eigenvalue weighted by atomic mass is 79.9. The lowest BCUT2D eigenvalue weighted by Gasteiger charge is -2.38. The topological polar surface area (TPSA) is 129 Å². The van der Waals surface area contributed by atoms with Crippen molar-refractivity contribution < 1.29 is 38.5 Å². The van der Waals surface area contributed by atoms with E-state index >= 15 is 0 Å². The van der Waals surface area contributed by atoms with E-state index in [4.69, 9.17) is 14.2 Å². The van der Waals surface area contributed by atoms with Gasteiger partial charge in [-0.3, -0.25) is 24.1 Å². The molecule has 5 rings (SSSR count). The second kappa shape index (κ2) is 16.3. The van der Waals surface area contributed by atoms with Gasteiger partial charge in [0.15, 0.2) is 0 Å². The lowest BCUT2D eigenvalue weighted by molar-refractivity contribution is -0.164. The molecule has 8 atom stereocenters. The van der Waals surface area contributed by atoms with Crippen molar-refractivity contribution in [3.63, 3.8) is 0 Å². The molecule has 4 fully saturated rings. The normalized spacial score (nSPS) is 28.9. The molecule has 4 aliphatic rings. The van der Waals surface area contributed by atoms with Crippen molar-refractivity contribution in [1.82, 2.24) is 19.6 Å². The second-order valence-electron chi connectivity index (χ2n) is 13.3. The number of amides is 3. The van der Waals surface area contributed by atoms with Gasteiger partial charge in [-0.2, -0.15) is 0 Å². The number of esters is 1. The number of likely N-dealkylation sites (tertiary alicyclic amines) is 1. The van der Waals surface area contributed by atoms with Crippen LogP contribution in [0.5, 0.6) is 0 Å². The fourth-order valence-corrected chi connectivity index (χ4v) is 8.80. The quantitative estimate of drug-likeness (QED) is 0.154. The Labute approximate surface area is 297 Å². The average molecular weight is 746 g/mol. The number of carbonyl (C=O) groups is 4. The Balaban J connectivity index is 1.43. The Morgan fingerprint density at radius 3 is 2.53 bits per heavy atom. The minimum atomic E-state index is -1.30. The molecule has 49 heavy (non-hydrogen) atoms. The standard InChI is InChI=1S/C36H49BrN4O8/c1-5-7-13-27(43)38(4)24(3)30(25-11-9-8-10-12-25)48-35(46)28-29-33(44)41(17-20-42)32(36(29)23-26(37)31(28)49-36)34(45)40(14-6-2)16-15-39-18-21-47-22-19-39/h5-6,8-12,24,26,28-32,42H,1-2,7,13-23H2,3-4H3/t24-,26?,28-,29+,30+,31-,32-,36+/m1/s1. The number of nitrogens with zero attached hydrogens (tertiary/aromatic N) is 4. The Hall–Kier alpha value is -3.10. The first-order chi connectivity index (χ1) is 23.6. The maximum Gasteiger partial charge on any atom is 0.313 e. The van der Waals surface area contributed by atoms with Crippen molar-refractivity contribution in [3.05, 3.63) is 61.2 Å². The van der Waals surface area contributed by atoms with Gasteiger partial charge in [0.1, 0.15) is 17.7 Å². The van der Waals surface area contributed by atoms with Gasteiger partial charge in [-0.1, -0.05) is 58.4 Å². The van der Waals surface area contributed by atoms with Gasteiger partial charge in [0.2, 0.25) is 17.7 Å². The summed E-state index contributed by atoms with van der Waals surface area (Å²) in [5.74, 6) is -3.45. The molecule has 12 nitrogen and oxygen atoms in total. The summed E-state index contributed by atoms with van der Waals surface area (Å²) >= 11 is 3.72. The Morgan fingerprint density at radius 1 is 1.16 bits per heavy atom. The van der Waals surface area contributed by atoms with Crippen LogP contribution in [-0.4, -0.2) is 143 Å². The predicted molar refractivity (Wildman–Crippen MR) is 185 cm³/mol. The number of aliphatic hydroxyl groups excluding tert-OH is 1. The molecule has 13 heteroatoms. The molecule has 268 valence electrons. The highest BCUT2D eigenvalue weighted by Gasteiger charge is 2.77. The Morgan fingerprint density at radius 2 is 1.88 bits per heavy atom. The molecule has 0 aromatic heterocycles. The number of rotatable bonds is 16. The molecule has 1 aromatic carbocycles. The van der Waals surface area contributed by atoms with Crippen LogP contribution in [0.3, 0.4) is 0 Å². The third-order valence-corrected chi connectivity index (χ3v) is 11.3. The van der Waals surface area contributed by atoms with Crippen molar-refractivity contribution in [3.8, 4) is 0 Å². The van der Waals surface area contributed by atoms with Crippen LogP contribution in [-0.2, 0) is 33.4 Å². The van der Waals surface area contributed by atoms with E-state index in [0.29, 0.717) is 44.7 Å². The van der Waals surface area contributed by atoms with Gasteiger partial charge in [0.25, 0.3) is 0 Å². The molecule has 4 heterocycles. The van der Waals surface area contributed by atoms with Crippen LogP contribution < -0.4 is 0 Å². The third kappa shape index (κ3) is 7.37. The zero-order chi connectivity index (χ0) is 35.3. The summed E-state index contributed by atoms with van der Waals surface area (Å²) in [4.78, 5) is 62.8. The largest absolute Gasteiger partial charge is 0.455 e. The summed E-state index contributed by atoms with van der Waals surface area (Å²) in [7, 11) is 1.68. The fraction of sp³-hybridized carbons (Fsp3) is 0.611. The number of halogens is 1. The van der Waals surface area contributed by atoms with Gasteiger partial charge in [0, 0.05) is 57.6 Å². The van der Waals surface area contributed by atoms with Crippen molar-refractivity contribution in [1.29, 1.82) is 0 Å². The van der Waals surface area contributed by atoms with Crippen LogP contribution in [0, 0.1) is 11.8 Å². The number of hydrogen-bond acceptors (Lipinski definition) is 9. The summed E-state index contributed by atoms with van der Waals surface area (Å²) in [6.45, 7) is 13.1. The number of β-amino-alcohol motifs (C(OH)–C–C–N with tert-alkyl or cyclic N) is 1. The second-order valence-corrected chi connectivity index (χ2v) is 14.5.